The summed E-state index contributed by atoms with van der Waals surface area (Å²) in [6, 6.07) is 8.26. The molecule has 5 heteroatoms. The lowest BCUT2D eigenvalue weighted by molar-refractivity contribution is -0.137. The van der Waals surface area contributed by atoms with Gasteiger partial charge in [-0.15, -0.1) is 0 Å². The summed E-state index contributed by atoms with van der Waals surface area (Å²) in [5.41, 5.74) is 2.23. The maximum atomic E-state index is 12.8. The zero-order chi connectivity index (χ0) is 17.6. The third-order valence-electron chi connectivity index (χ3n) is 5.11. The van der Waals surface area contributed by atoms with E-state index in [2.05, 4.69) is 40.9 Å². The van der Waals surface area contributed by atoms with Gasteiger partial charge in [-0.3, -0.25) is 9.69 Å². The number of rotatable bonds is 7. The first-order valence-electron chi connectivity index (χ1n) is 9.65. The van der Waals surface area contributed by atoms with Crippen molar-refractivity contribution in [2.24, 2.45) is 5.92 Å². The van der Waals surface area contributed by atoms with E-state index in [0.717, 1.165) is 69.6 Å². The minimum Gasteiger partial charge on any atom is -0.340 e. The van der Waals surface area contributed by atoms with Crippen LogP contribution in [-0.2, 0) is 11.3 Å². The van der Waals surface area contributed by atoms with Crippen molar-refractivity contribution in [3.63, 3.8) is 0 Å². The van der Waals surface area contributed by atoms with Gasteiger partial charge in [-0.25, -0.2) is 4.52 Å². The summed E-state index contributed by atoms with van der Waals surface area (Å²) < 4.78 is 1.93. The maximum absolute atomic E-state index is 12.8. The normalized spacial score (nSPS) is 16.0. The highest BCUT2D eigenvalue weighted by atomic mass is 16.2. The van der Waals surface area contributed by atoms with E-state index in [1.165, 1.54) is 0 Å². The molecule has 2 aromatic rings. The number of hydrogen-bond donors (Lipinski definition) is 0. The van der Waals surface area contributed by atoms with Crippen molar-refractivity contribution < 1.29 is 4.79 Å². The highest BCUT2D eigenvalue weighted by Gasteiger charge is 2.26. The van der Waals surface area contributed by atoms with Crippen LogP contribution in [0.2, 0.25) is 0 Å². The number of pyridine rings is 1. The van der Waals surface area contributed by atoms with E-state index in [9.17, 15) is 4.79 Å². The van der Waals surface area contributed by atoms with Gasteiger partial charge in [0.25, 0.3) is 0 Å². The Morgan fingerprint density at radius 1 is 1.12 bits per heavy atom. The molecule has 0 aliphatic carbocycles. The Hall–Kier alpha value is -1.88. The number of nitrogens with zero attached hydrogens (tertiary/aromatic N) is 4. The molecule has 1 aliphatic heterocycles. The Bertz CT molecular complexity index is 649. The van der Waals surface area contributed by atoms with Crippen molar-refractivity contribution in [2.45, 2.75) is 46.1 Å². The molecule has 0 unspecified atom stereocenters. The molecule has 2 aromatic heterocycles. The lowest BCUT2D eigenvalue weighted by Gasteiger charge is -2.36. The van der Waals surface area contributed by atoms with Crippen molar-refractivity contribution in [2.75, 3.05) is 26.2 Å². The average Bonchev–Trinajstić information content (AvgIpc) is 3.04. The quantitative estimate of drug-likeness (QED) is 0.776. The zero-order valence-electron chi connectivity index (χ0n) is 15.5. The Kier molecular flexibility index (Phi) is 6.08. The van der Waals surface area contributed by atoms with Gasteiger partial charge in [-0.2, -0.15) is 5.10 Å². The molecule has 5 nitrogen and oxygen atoms in total. The summed E-state index contributed by atoms with van der Waals surface area (Å²) in [7, 11) is 0. The van der Waals surface area contributed by atoms with Gasteiger partial charge in [0.1, 0.15) is 0 Å². The van der Waals surface area contributed by atoms with Crippen LogP contribution in [0.5, 0.6) is 0 Å². The third-order valence-corrected chi connectivity index (χ3v) is 5.11. The van der Waals surface area contributed by atoms with Crippen molar-refractivity contribution >= 4 is 11.4 Å². The second-order valence-electron chi connectivity index (χ2n) is 7.08. The SMILES string of the molecule is CCCC(CCC)C(=O)N1CCN(Cc2cc3ccccn3n2)CC1. The maximum Gasteiger partial charge on any atom is 0.225 e. The van der Waals surface area contributed by atoms with Crippen molar-refractivity contribution in [3.8, 4) is 0 Å². The second kappa shape index (κ2) is 8.48. The first-order chi connectivity index (χ1) is 12.2. The summed E-state index contributed by atoms with van der Waals surface area (Å²) in [5.74, 6) is 0.594. The average molecular weight is 342 g/mol. The van der Waals surface area contributed by atoms with Crippen molar-refractivity contribution in [3.05, 3.63) is 36.2 Å². The molecule has 136 valence electrons. The van der Waals surface area contributed by atoms with Gasteiger partial charge in [-0.1, -0.05) is 32.8 Å². The van der Waals surface area contributed by atoms with Crippen LogP contribution in [0.25, 0.3) is 5.52 Å². The highest BCUT2D eigenvalue weighted by molar-refractivity contribution is 5.78. The molecule has 0 N–H and O–H groups in total. The Morgan fingerprint density at radius 3 is 2.48 bits per heavy atom. The largest absolute Gasteiger partial charge is 0.340 e. The Morgan fingerprint density at radius 2 is 1.84 bits per heavy atom. The van der Waals surface area contributed by atoms with E-state index >= 15 is 0 Å². The number of piperazine rings is 1. The molecular formula is C20H30N4O. The smallest absolute Gasteiger partial charge is 0.225 e. The molecule has 1 saturated heterocycles. The fourth-order valence-electron chi connectivity index (χ4n) is 3.77. The van der Waals surface area contributed by atoms with Crippen LogP contribution < -0.4 is 0 Å². The van der Waals surface area contributed by atoms with Crippen molar-refractivity contribution in [1.82, 2.24) is 19.4 Å². The summed E-state index contributed by atoms with van der Waals surface area (Å²) in [4.78, 5) is 17.2. The van der Waals surface area contributed by atoms with E-state index < -0.39 is 0 Å². The number of amides is 1. The molecule has 0 aromatic carbocycles. The fraction of sp³-hybridized carbons (Fsp3) is 0.600. The molecule has 3 rings (SSSR count). The third kappa shape index (κ3) is 4.40. The summed E-state index contributed by atoms with van der Waals surface area (Å²) in [6.07, 6.45) is 6.20. The molecule has 1 aliphatic rings. The number of fused-ring (bicyclic) bond motifs is 1. The molecule has 0 bridgehead atoms. The Balaban J connectivity index is 1.53. The first-order valence-corrected chi connectivity index (χ1v) is 9.65. The highest BCUT2D eigenvalue weighted by Crippen LogP contribution is 2.18. The number of hydrogen-bond acceptors (Lipinski definition) is 3. The molecule has 1 amide bonds. The van der Waals surface area contributed by atoms with Crippen LogP contribution in [0.1, 0.15) is 45.2 Å². The monoisotopic (exact) mass is 342 g/mol. The van der Waals surface area contributed by atoms with E-state index in [-0.39, 0.29) is 5.92 Å². The molecule has 0 spiro atoms. The number of carbonyl (C=O) groups excluding carboxylic acids is 1. The minimum absolute atomic E-state index is 0.222. The van der Waals surface area contributed by atoms with Crippen LogP contribution in [0.15, 0.2) is 30.5 Å². The number of aromatic nitrogens is 2. The van der Waals surface area contributed by atoms with Gasteiger partial charge in [0.2, 0.25) is 5.91 Å². The predicted molar refractivity (Wildman–Crippen MR) is 100 cm³/mol. The van der Waals surface area contributed by atoms with E-state index in [1.807, 2.05) is 22.8 Å². The second-order valence-corrected chi connectivity index (χ2v) is 7.08. The van der Waals surface area contributed by atoms with Gasteiger partial charge >= 0.3 is 0 Å². The summed E-state index contributed by atoms with van der Waals surface area (Å²) in [6.45, 7) is 8.75. The zero-order valence-corrected chi connectivity index (χ0v) is 15.5. The number of carbonyl (C=O) groups is 1. The van der Waals surface area contributed by atoms with Crippen LogP contribution in [0, 0.1) is 5.92 Å². The molecule has 25 heavy (non-hydrogen) atoms. The van der Waals surface area contributed by atoms with Crippen LogP contribution in [-0.4, -0.2) is 51.5 Å². The van der Waals surface area contributed by atoms with Crippen LogP contribution >= 0.6 is 0 Å². The molecule has 0 atom stereocenters. The molecule has 0 saturated carbocycles. The molecule has 1 fully saturated rings. The van der Waals surface area contributed by atoms with Gasteiger partial charge in [0.15, 0.2) is 0 Å². The van der Waals surface area contributed by atoms with Gasteiger partial charge in [-0.05, 0) is 31.0 Å². The van der Waals surface area contributed by atoms with E-state index in [1.54, 1.807) is 0 Å². The van der Waals surface area contributed by atoms with Crippen LogP contribution in [0.4, 0.5) is 0 Å². The topological polar surface area (TPSA) is 40.9 Å². The van der Waals surface area contributed by atoms with Gasteiger partial charge < -0.3 is 4.90 Å². The van der Waals surface area contributed by atoms with Crippen LogP contribution in [0.3, 0.4) is 0 Å². The van der Waals surface area contributed by atoms with Gasteiger partial charge in [0, 0.05) is 44.8 Å². The van der Waals surface area contributed by atoms with E-state index in [4.69, 9.17) is 0 Å². The summed E-state index contributed by atoms with van der Waals surface area (Å²) in [5, 5.41) is 4.63. The van der Waals surface area contributed by atoms with E-state index in [0.29, 0.717) is 5.91 Å². The minimum atomic E-state index is 0.222. The molecule has 3 heterocycles. The fourth-order valence-corrected chi connectivity index (χ4v) is 3.77. The first kappa shape index (κ1) is 17.9. The molecular weight excluding hydrogens is 312 g/mol. The Labute approximate surface area is 150 Å². The predicted octanol–water partition coefficient (Wildman–Crippen LogP) is 3.19. The lowest BCUT2D eigenvalue weighted by Crippen LogP contribution is -2.50. The lowest BCUT2D eigenvalue weighted by atomic mass is 9.96. The summed E-state index contributed by atoms with van der Waals surface area (Å²) >= 11 is 0. The standard InChI is InChI=1S/C20H30N4O/c1-3-7-17(8-4-2)20(25)23-13-11-22(12-14-23)16-18-15-19-9-5-6-10-24(19)21-18/h5-6,9-10,15,17H,3-4,7-8,11-14,16H2,1-2H3. The van der Waals surface area contributed by atoms with Crippen molar-refractivity contribution in [1.29, 1.82) is 0 Å². The molecule has 0 radical (unpaired) electrons. The van der Waals surface area contributed by atoms with Gasteiger partial charge in [0.05, 0.1) is 11.2 Å².